The van der Waals surface area contributed by atoms with Crippen LogP contribution in [0.5, 0.6) is 40.2 Å². The highest BCUT2D eigenvalue weighted by molar-refractivity contribution is 9.11. The number of aromatic hydroxyl groups is 3. The van der Waals surface area contributed by atoms with Crippen molar-refractivity contribution in [1.29, 1.82) is 0 Å². The number of non-ortho nitro benzene ring substituents is 4. The number of nitro benzene ring substituents is 4. The highest BCUT2D eigenvalue weighted by Gasteiger charge is 2.18. The molecule has 16 rings (SSSR count). The van der Waals surface area contributed by atoms with E-state index < -0.39 is 19.7 Å². The van der Waals surface area contributed by atoms with Gasteiger partial charge in [-0.15, -0.1) is 0 Å². The maximum atomic E-state index is 12.3. The van der Waals surface area contributed by atoms with E-state index in [0.717, 1.165) is 122 Å². The number of fused-ring (bicyclic) bond motifs is 2. The summed E-state index contributed by atoms with van der Waals surface area (Å²) < 4.78 is 31.4. The lowest BCUT2D eigenvalue weighted by atomic mass is 10.0. The third-order valence-corrected chi connectivity index (χ3v) is 25.5. The number of hydrogen-bond acceptors (Lipinski definition) is 27. The number of nitrogen functional groups attached to an aromatic ring is 4. The monoisotopic (exact) mass is 2510 g/mol. The highest BCUT2D eigenvalue weighted by atomic mass is 79.9. The molecule has 30 nitrogen and oxygen atoms in total. The minimum absolute atomic E-state index is 0.00689. The summed E-state index contributed by atoms with van der Waals surface area (Å²) >= 11 is 39.9. The third-order valence-electron chi connectivity index (χ3n) is 18.4. The van der Waals surface area contributed by atoms with Crippen molar-refractivity contribution in [2.75, 3.05) is 34.8 Å². The van der Waals surface area contributed by atoms with Crippen LogP contribution in [-0.2, 0) is 39.3 Å². The number of thiazole rings is 2. The highest BCUT2D eigenvalue weighted by Crippen LogP contribution is 2.38. The van der Waals surface area contributed by atoms with Gasteiger partial charge in [0.05, 0.1) is 85.2 Å². The van der Waals surface area contributed by atoms with Crippen molar-refractivity contribution >= 4 is 267 Å². The third kappa shape index (κ3) is 41.9. The van der Waals surface area contributed by atoms with Crippen LogP contribution in [0, 0.1) is 54.3 Å². The second kappa shape index (κ2) is 59.2. The van der Waals surface area contributed by atoms with Crippen LogP contribution in [0.1, 0.15) is 68.2 Å². The van der Waals surface area contributed by atoms with E-state index in [-0.39, 0.29) is 69.6 Å². The van der Waals surface area contributed by atoms with E-state index >= 15 is 0 Å². The number of nitrogens with two attached hydrogens (primary N) is 5. The molecule has 0 radical (unpaired) electrons. The molecular weight excluding hydrogens is 2430 g/mol. The van der Waals surface area contributed by atoms with Gasteiger partial charge in [0, 0.05) is 104 Å². The molecule has 740 valence electrons. The van der Waals surface area contributed by atoms with Gasteiger partial charge >= 0.3 is 6.03 Å². The van der Waals surface area contributed by atoms with Gasteiger partial charge in [-0.3, -0.25) is 50.6 Å². The summed E-state index contributed by atoms with van der Waals surface area (Å²) in [5, 5.41) is 74.8. The molecule has 42 heteroatoms. The van der Waals surface area contributed by atoms with E-state index in [1.165, 1.54) is 70.7 Å². The predicted molar refractivity (Wildman–Crippen MR) is 603 cm³/mol. The van der Waals surface area contributed by atoms with Crippen molar-refractivity contribution < 1.29 is 63.5 Å². The van der Waals surface area contributed by atoms with Crippen LogP contribution in [0.15, 0.2) is 333 Å². The van der Waals surface area contributed by atoms with Gasteiger partial charge in [0.25, 0.3) is 22.7 Å². The molecule has 14 aromatic carbocycles. The average Bonchev–Trinajstić information content (AvgIpc) is 1.66. The molecule has 0 bridgehead atoms. The summed E-state index contributed by atoms with van der Waals surface area (Å²) in [7, 11) is 0. The molecule has 2 heterocycles. The Morgan fingerprint density at radius 1 is 0.413 bits per heavy atom. The molecule has 0 aliphatic rings. The van der Waals surface area contributed by atoms with Crippen LogP contribution >= 0.6 is 175 Å². The maximum absolute atomic E-state index is 12.3. The van der Waals surface area contributed by atoms with E-state index in [4.69, 9.17) is 87.4 Å². The minimum atomic E-state index is -0.607. The quantitative estimate of drug-likeness (QED) is 0.00634. The maximum Gasteiger partial charge on any atom is 0.321 e. The fourth-order valence-electron chi connectivity index (χ4n) is 12.0. The van der Waals surface area contributed by atoms with Crippen molar-refractivity contribution in [2.24, 2.45) is 5.73 Å². The van der Waals surface area contributed by atoms with Gasteiger partial charge in [0.15, 0.2) is 16.0 Å². The van der Waals surface area contributed by atoms with Crippen LogP contribution in [0.3, 0.4) is 0 Å². The number of halogens is 8. The largest absolute Gasteiger partial charge is 0.508 e. The molecule has 0 aliphatic carbocycles. The first-order valence-corrected chi connectivity index (χ1v) is 50.8. The molecule has 0 saturated carbocycles. The fraction of sp³-hybridized carbons (Fsp3) is 0.109. The standard InChI is InChI=1S/C23H19BrO2S.C15H14BrNOS.C13H10BrNO3.C13H12BrNO.C11H12BrN3OS.C8H7BrN2S.C6H5BrN2O3.C6H4BrNO3.C6H6N2O3/c24-20-11-18(12-21(14-20)26-16-17-7-3-1-4-8-17)13-22(27)15-23(25)19-9-5-2-6-10-19;16-13-6-12(8-15(17)19)7-14(9-13)18-10-11-4-2-1-3-5-11;14-11-6-12(15(16)17)8-13(7-11)18-9-10-4-2-1-3-5-10;14-11-6-12(15)8-13(7-11)16-9-10-4-2-1-3-5-10;1-3-13-10(16)15-11-14-8-5-6(2)4-7(12)9(8)17-11;1-4-2-5(9)7-6(3-4)11-8(10)12-7;7-4-1-3(9(11)12)2-5(10)6(4)8;7-4-1-5(8(10)11)3-6(9)2-4;7-5-2-1-4(8(10)11)3-6(5)9/h1-12,14H,13,15-16H2;1-7,9H,8,10H2,(H2,17,19);1-8H,9H2;1-8H,9,15H2;4-5H,3H2,1-2H3,(H2,13,14,15,16);2-3H,1H3,(H2,10,11);1-2,10H,8H2;1-3,9H;1-3,9H,7H2. The number of rotatable bonds is 25. The van der Waals surface area contributed by atoms with Gasteiger partial charge in [-0.25, -0.2) is 14.8 Å². The van der Waals surface area contributed by atoms with E-state index in [9.17, 15) is 50.0 Å². The number of aromatic nitrogens is 2. The number of nitrogens with one attached hydrogen (secondary N) is 2. The topological polar surface area (TPSA) is 484 Å². The number of thiocarbonyl (C=S) groups is 2. The van der Waals surface area contributed by atoms with Gasteiger partial charge < -0.3 is 68.3 Å². The van der Waals surface area contributed by atoms with Crippen molar-refractivity contribution in [1.82, 2.24) is 15.3 Å². The Kier molecular flexibility index (Phi) is 47.7. The molecule has 0 unspecified atom stereocenters. The molecule has 143 heavy (non-hydrogen) atoms. The first-order chi connectivity index (χ1) is 68.1. The second-order valence-corrected chi connectivity index (χ2v) is 40.2. The summed E-state index contributed by atoms with van der Waals surface area (Å²) in [4.78, 5) is 72.5. The molecular formula is C101H89Br8N13O17S4. The Labute approximate surface area is 907 Å². The second-order valence-electron chi connectivity index (χ2n) is 29.9. The van der Waals surface area contributed by atoms with Crippen LogP contribution in [-0.4, -0.2) is 73.2 Å². The smallest absolute Gasteiger partial charge is 0.321 e. The Morgan fingerprint density at radius 3 is 1.23 bits per heavy atom. The SMILES string of the molecule is CCNC(=O)Nc1nc2cc(C)cc(Br)c2s1.Cc1cc(Br)c2sc(N)nc2c1.NC(=S)Cc1cc(Br)cc(OCc2ccccc2)c1.Nc1c(O)cc([N+](=O)[O-])cc1Br.Nc1cc(Br)cc(OCc2ccccc2)c1.Nc1ccc([N+](=O)[O-])cc1O.O=C(CC(=S)Cc1cc(Br)cc(OCc2ccccc2)c1)c1ccccc1.O=[N+]([O-])c1cc(Br)cc(OCc2ccccc2)c1.O=[N+]([O-])c1cc(O)cc(Br)c1. The summed E-state index contributed by atoms with van der Waals surface area (Å²) in [5.74, 6) is 2.21. The van der Waals surface area contributed by atoms with Crippen molar-refractivity contribution in [2.45, 2.75) is 66.5 Å². The number of ketones is 1. The number of phenols is 3. The van der Waals surface area contributed by atoms with Crippen LogP contribution in [0.2, 0.25) is 0 Å². The molecule has 0 saturated heterocycles. The zero-order valence-corrected chi connectivity index (χ0v) is 91.7. The number of anilines is 5. The number of Topliss-reactive ketones (excluding diaryl/α,β-unsaturated/α-hetero) is 1. The number of nitro groups is 4. The first-order valence-electron chi connectivity index (χ1n) is 42.0. The molecule has 2 aromatic heterocycles. The molecule has 0 aliphatic heterocycles. The number of aryl methyl sites for hydroxylation is 2. The zero-order chi connectivity index (χ0) is 104. The summed E-state index contributed by atoms with van der Waals surface area (Å²) in [6, 6.07) is 88.4. The number of carbonyl (C=O) groups excluding carboxylic acids is 2. The van der Waals surface area contributed by atoms with Crippen LogP contribution < -0.4 is 58.2 Å². The Morgan fingerprint density at radius 2 is 0.804 bits per heavy atom. The number of nitrogens with zero attached hydrogens (tertiary/aromatic N) is 6. The molecule has 15 N–H and O–H groups in total. The molecule has 0 atom stereocenters. The van der Waals surface area contributed by atoms with Gasteiger partial charge in [-0.05, 0) is 204 Å². The van der Waals surface area contributed by atoms with Crippen molar-refractivity contribution in [3.05, 3.63) is 424 Å². The number of hydrogen-bond donors (Lipinski definition) is 10. The normalized spacial score (nSPS) is 10.1. The fourth-order valence-corrected chi connectivity index (χ4v) is 18.5. The summed E-state index contributed by atoms with van der Waals surface area (Å²) in [5.41, 5.74) is 39.2. The number of phenolic OH excluding ortho intramolecular Hbond substituents is 3. The van der Waals surface area contributed by atoms with Gasteiger partial charge in [0.1, 0.15) is 66.7 Å². The van der Waals surface area contributed by atoms with E-state index in [0.29, 0.717) is 91.5 Å². The van der Waals surface area contributed by atoms with E-state index in [1.807, 2.05) is 245 Å². The van der Waals surface area contributed by atoms with Gasteiger partial charge in [-0.2, -0.15) is 0 Å². The average molecular weight is 2520 g/mol. The Bertz CT molecular complexity index is 7010. The number of carbonyl (C=O) groups is 2. The first kappa shape index (κ1) is 115. The Balaban J connectivity index is 0.000000200. The lowest BCUT2D eigenvalue weighted by Crippen LogP contribution is -2.28. The van der Waals surface area contributed by atoms with Gasteiger partial charge in [0.2, 0.25) is 0 Å². The Hall–Kier alpha value is -13.0. The van der Waals surface area contributed by atoms with Crippen molar-refractivity contribution in [3.8, 4) is 40.2 Å². The lowest BCUT2D eigenvalue weighted by molar-refractivity contribution is -0.385. The van der Waals surface area contributed by atoms with E-state index in [1.54, 1.807) is 6.07 Å². The molecule has 0 fully saturated rings. The number of ether oxygens (including phenoxy) is 4. The predicted octanol–water partition coefficient (Wildman–Crippen LogP) is 28.7. The summed E-state index contributed by atoms with van der Waals surface area (Å²) in [6.45, 7) is 8.51. The summed E-state index contributed by atoms with van der Waals surface area (Å²) in [6.07, 6.45) is 1.41. The molecule has 0 spiro atoms. The van der Waals surface area contributed by atoms with Crippen molar-refractivity contribution in [3.63, 3.8) is 0 Å². The van der Waals surface area contributed by atoms with E-state index in [2.05, 4.69) is 154 Å². The number of amides is 2. The van der Waals surface area contributed by atoms with Gasteiger partial charge in [-0.1, -0.05) is 278 Å². The van der Waals surface area contributed by atoms with Crippen LogP contribution in [0.25, 0.3) is 20.4 Å². The molecule has 2 amide bonds. The van der Waals surface area contributed by atoms with Crippen LogP contribution in [0.4, 0.5) is 54.9 Å². The lowest BCUT2D eigenvalue weighted by Gasteiger charge is -2.10. The molecule has 16 aromatic rings. The zero-order valence-electron chi connectivity index (χ0n) is 75.7. The number of urea groups is 1. The number of benzene rings is 14. The minimum Gasteiger partial charge on any atom is -0.508 e.